The third kappa shape index (κ3) is 4.77. The zero-order chi connectivity index (χ0) is 11.1. The maximum atomic E-state index is 11.0. The first-order chi connectivity index (χ1) is 7.18. The molecule has 7 heteroatoms. The number of aromatic amines is 1. The number of ether oxygens (including phenoxy) is 1. The highest BCUT2D eigenvalue weighted by Gasteiger charge is 2.03. The van der Waals surface area contributed by atoms with Crippen LogP contribution in [0, 0.1) is 0 Å². The van der Waals surface area contributed by atoms with Crippen LogP contribution in [0.2, 0.25) is 0 Å². The summed E-state index contributed by atoms with van der Waals surface area (Å²) < 4.78 is 4.58. The minimum atomic E-state index is -1.10. The Bertz CT molecular complexity index is 323. The van der Waals surface area contributed by atoms with Crippen LogP contribution in [-0.2, 0) is 20.9 Å². The molecule has 0 atom stereocenters. The number of carbonyl (C=O) groups is 2. The number of nitrogens with one attached hydrogen (secondary N) is 2. The lowest BCUT2D eigenvalue weighted by molar-refractivity contribution is -0.143. The molecule has 82 valence electrons. The van der Waals surface area contributed by atoms with Gasteiger partial charge in [0.25, 0.3) is 0 Å². The fourth-order valence-corrected chi connectivity index (χ4v) is 0.859. The van der Waals surface area contributed by atoms with E-state index in [4.69, 9.17) is 5.11 Å². The van der Waals surface area contributed by atoms with Crippen molar-refractivity contribution in [3.63, 3.8) is 0 Å². The van der Waals surface area contributed by atoms with Gasteiger partial charge in [0.05, 0.1) is 6.54 Å². The van der Waals surface area contributed by atoms with Crippen molar-refractivity contribution < 1.29 is 19.4 Å². The predicted molar refractivity (Wildman–Crippen MR) is 48.9 cm³/mol. The Labute approximate surface area is 85.5 Å². The Morgan fingerprint density at radius 3 is 2.93 bits per heavy atom. The van der Waals surface area contributed by atoms with Gasteiger partial charge in [-0.1, -0.05) is 0 Å². The fourth-order valence-electron chi connectivity index (χ4n) is 0.859. The third-order valence-corrected chi connectivity index (χ3v) is 1.47. The lowest BCUT2D eigenvalue weighted by Crippen LogP contribution is -2.28. The van der Waals surface area contributed by atoms with Crippen molar-refractivity contribution in [2.75, 3.05) is 13.2 Å². The number of aliphatic carboxylic acids is 1. The van der Waals surface area contributed by atoms with Crippen LogP contribution in [-0.4, -0.2) is 40.2 Å². The first-order valence-electron chi connectivity index (χ1n) is 4.23. The van der Waals surface area contributed by atoms with Crippen LogP contribution in [0.1, 0.15) is 5.82 Å². The quantitative estimate of drug-likeness (QED) is 0.569. The molecule has 1 rings (SSSR count). The van der Waals surface area contributed by atoms with Crippen molar-refractivity contribution in [2.45, 2.75) is 6.54 Å². The van der Waals surface area contributed by atoms with E-state index < -0.39 is 12.6 Å². The molecule has 1 aromatic rings. The van der Waals surface area contributed by atoms with Gasteiger partial charge in [-0.3, -0.25) is 4.79 Å². The highest BCUT2D eigenvalue weighted by Crippen LogP contribution is 1.86. The van der Waals surface area contributed by atoms with E-state index in [-0.39, 0.29) is 19.1 Å². The number of carboxylic acid groups (broad SMARTS) is 1. The van der Waals surface area contributed by atoms with Gasteiger partial charge in [-0.25, -0.2) is 9.78 Å². The average molecular weight is 213 g/mol. The monoisotopic (exact) mass is 213 g/mol. The van der Waals surface area contributed by atoms with Crippen molar-refractivity contribution in [3.05, 3.63) is 18.2 Å². The Morgan fingerprint density at radius 2 is 2.33 bits per heavy atom. The van der Waals surface area contributed by atoms with E-state index in [0.29, 0.717) is 5.82 Å². The molecule has 0 saturated heterocycles. The fraction of sp³-hybridized carbons (Fsp3) is 0.375. The van der Waals surface area contributed by atoms with Gasteiger partial charge >= 0.3 is 5.97 Å². The maximum absolute atomic E-state index is 11.0. The Morgan fingerprint density at radius 1 is 1.53 bits per heavy atom. The summed E-state index contributed by atoms with van der Waals surface area (Å²) in [4.78, 5) is 27.8. The van der Waals surface area contributed by atoms with Crippen LogP contribution in [0.4, 0.5) is 0 Å². The van der Waals surface area contributed by atoms with E-state index in [1.807, 2.05) is 0 Å². The second kappa shape index (κ2) is 5.76. The Kier molecular flexibility index (Phi) is 4.30. The summed E-state index contributed by atoms with van der Waals surface area (Å²) in [6, 6.07) is 0. The Balaban J connectivity index is 2.11. The van der Waals surface area contributed by atoms with Crippen molar-refractivity contribution in [2.24, 2.45) is 0 Å². The topological polar surface area (TPSA) is 104 Å². The van der Waals surface area contributed by atoms with E-state index in [2.05, 4.69) is 20.0 Å². The number of carbonyl (C=O) groups excluding carboxylic acids is 1. The molecule has 0 aliphatic carbocycles. The number of nitrogens with zero attached hydrogens (tertiary/aromatic N) is 1. The Hall–Kier alpha value is -1.89. The molecule has 0 saturated carbocycles. The molecule has 0 spiro atoms. The summed E-state index contributed by atoms with van der Waals surface area (Å²) in [6.45, 7) is -0.483. The largest absolute Gasteiger partial charge is 0.480 e. The van der Waals surface area contributed by atoms with Gasteiger partial charge in [0.1, 0.15) is 19.0 Å². The minimum Gasteiger partial charge on any atom is -0.480 e. The third-order valence-electron chi connectivity index (χ3n) is 1.47. The summed E-state index contributed by atoms with van der Waals surface area (Å²) in [5.74, 6) is -0.858. The molecule has 0 aliphatic rings. The van der Waals surface area contributed by atoms with Crippen molar-refractivity contribution >= 4 is 11.9 Å². The van der Waals surface area contributed by atoms with Crippen LogP contribution < -0.4 is 5.32 Å². The van der Waals surface area contributed by atoms with E-state index in [0.717, 1.165) is 0 Å². The summed E-state index contributed by atoms with van der Waals surface area (Å²) in [6.07, 6.45) is 3.21. The highest BCUT2D eigenvalue weighted by atomic mass is 16.5. The van der Waals surface area contributed by atoms with Gasteiger partial charge in [0.15, 0.2) is 0 Å². The zero-order valence-corrected chi connectivity index (χ0v) is 7.90. The molecule has 0 fully saturated rings. The van der Waals surface area contributed by atoms with E-state index in [1.54, 1.807) is 12.4 Å². The van der Waals surface area contributed by atoms with Crippen molar-refractivity contribution in [3.8, 4) is 0 Å². The van der Waals surface area contributed by atoms with Crippen molar-refractivity contribution in [1.29, 1.82) is 0 Å². The van der Waals surface area contributed by atoms with E-state index in [9.17, 15) is 9.59 Å². The number of imidazole rings is 1. The molecule has 0 bridgehead atoms. The molecule has 0 unspecified atom stereocenters. The zero-order valence-electron chi connectivity index (χ0n) is 7.90. The number of rotatable bonds is 6. The molecule has 1 amide bonds. The summed E-state index contributed by atoms with van der Waals surface area (Å²) in [5, 5.41) is 10.7. The number of carboxylic acids is 1. The smallest absolute Gasteiger partial charge is 0.329 e. The van der Waals surface area contributed by atoms with Gasteiger partial charge in [0, 0.05) is 12.4 Å². The van der Waals surface area contributed by atoms with Gasteiger partial charge in [0.2, 0.25) is 5.91 Å². The van der Waals surface area contributed by atoms with Gasteiger partial charge < -0.3 is 20.1 Å². The lowest BCUT2D eigenvalue weighted by Gasteiger charge is -2.02. The molecule has 0 aliphatic heterocycles. The standard InChI is InChI=1S/C8H11N3O4/c12-7(4-15-5-8(13)14)11-3-6-9-1-2-10-6/h1-2H,3-5H2,(H,9,10)(H,11,12)(H,13,14). The van der Waals surface area contributed by atoms with Crippen LogP contribution in [0.15, 0.2) is 12.4 Å². The van der Waals surface area contributed by atoms with Crippen LogP contribution in [0.3, 0.4) is 0 Å². The SMILES string of the molecule is O=C(O)COCC(=O)NCc1ncc[nH]1. The number of H-pyrrole nitrogens is 1. The van der Waals surface area contributed by atoms with E-state index >= 15 is 0 Å². The number of amides is 1. The van der Waals surface area contributed by atoms with Crippen LogP contribution in [0.5, 0.6) is 0 Å². The molecule has 15 heavy (non-hydrogen) atoms. The molecule has 1 aromatic heterocycles. The molecule has 7 nitrogen and oxygen atoms in total. The summed E-state index contributed by atoms with van der Waals surface area (Å²) >= 11 is 0. The van der Waals surface area contributed by atoms with Gasteiger partial charge in [-0.15, -0.1) is 0 Å². The second-order valence-electron chi connectivity index (χ2n) is 2.70. The first-order valence-corrected chi connectivity index (χ1v) is 4.23. The highest BCUT2D eigenvalue weighted by molar-refractivity contribution is 5.77. The summed E-state index contributed by atoms with van der Waals surface area (Å²) in [5.41, 5.74) is 0. The van der Waals surface area contributed by atoms with E-state index in [1.165, 1.54) is 0 Å². The first kappa shape index (κ1) is 11.2. The van der Waals surface area contributed by atoms with Gasteiger partial charge in [-0.05, 0) is 0 Å². The molecular formula is C8H11N3O4. The lowest BCUT2D eigenvalue weighted by atomic mass is 10.5. The predicted octanol–water partition coefficient (Wildman–Crippen LogP) is -0.873. The number of aromatic nitrogens is 2. The maximum Gasteiger partial charge on any atom is 0.329 e. The molecule has 1 heterocycles. The number of hydrogen-bond acceptors (Lipinski definition) is 4. The molecule has 3 N–H and O–H groups in total. The van der Waals surface area contributed by atoms with Crippen LogP contribution >= 0.6 is 0 Å². The van der Waals surface area contributed by atoms with Crippen molar-refractivity contribution in [1.82, 2.24) is 15.3 Å². The summed E-state index contributed by atoms with van der Waals surface area (Å²) in [7, 11) is 0. The second-order valence-corrected chi connectivity index (χ2v) is 2.70. The minimum absolute atomic E-state index is 0.266. The molecular weight excluding hydrogens is 202 g/mol. The average Bonchev–Trinajstić information content (AvgIpc) is 2.66. The van der Waals surface area contributed by atoms with Crippen LogP contribution in [0.25, 0.3) is 0 Å². The molecule has 0 radical (unpaired) electrons. The number of hydrogen-bond donors (Lipinski definition) is 3. The normalized spacial score (nSPS) is 9.87. The van der Waals surface area contributed by atoms with Gasteiger partial charge in [-0.2, -0.15) is 0 Å². The molecule has 0 aromatic carbocycles.